The fourth-order valence-corrected chi connectivity index (χ4v) is 2.92. The lowest BCUT2D eigenvalue weighted by Crippen LogP contribution is -2.48. The van der Waals surface area contributed by atoms with E-state index < -0.39 is 5.97 Å². The molecule has 1 unspecified atom stereocenters. The SMILES string of the molecule is O=C(O)CCC(Cc1ccccc1)NC(=O)N1CCn2ncnc2C1. The molecule has 0 spiro atoms. The number of aliphatic carboxylic acids is 1. The Morgan fingerprint density at radius 1 is 1.24 bits per heavy atom. The standard InChI is InChI=1S/C17H21N5O3/c23-16(24)7-6-14(10-13-4-2-1-3-5-13)20-17(25)21-8-9-22-15(11-21)18-12-19-22/h1-5,12,14H,6-11H2,(H,20,25)(H,23,24). The van der Waals surface area contributed by atoms with Crippen LogP contribution in [0, 0.1) is 0 Å². The zero-order valence-electron chi connectivity index (χ0n) is 13.8. The number of carbonyl (C=O) groups is 2. The van der Waals surface area contributed by atoms with Gasteiger partial charge in [-0.2, -0.15) is 5.10 Å². The van der Waals surface area contributed by atoms with Crippen molar-refractivity contribution in [3.05, 3.63) is 48.0 Å². The van der Waals surface area contributed by atoms with Gasteiger partial charge in [0.2, 0.25) is 0 Å². The van der Waals surface area contributed by atoms with E-state index in [1.165, 1.54) is 6.33 Å². The number of carboxylic acid groups (broad SMARTS) is 1. The second-order valence-corrected chi connectivity index (χ2v) is 6.09. The molecule has 1 aromatic heterocycles. The molecular weight excluding hydrogens is 322 g/mol. The summed E-state index contributed by atoms with van der Waals surface area (Å²) in [5.41, 5.74) is 1.07. The Kier molecular flexibility index (Phi) is 5.27. The Hall–Kier alpha value is -2.90. The molecule has 132 valence electrons. The lowest BCUT2D eigenvalue weighted by Gasteiger charge is -2.29. The minimum absolute atomic E-state index is 0.0199. The summed E-state index contributed by atoms with van der Waals surface area (Å²) < 4.78 is 1.79. The first-order valence-electron chi connectivity index (χ1n) is 8.29. The first-order valence-corrected chi connectivity index (χ1v) is 8.29. The zero-order chi connectivity index (χ0) is 17.6. The molecule has 3 rings (SSSR count). The van der Waals surface area contributed by atoms with Crippen molar-refractivity contribution in [3.8, 4) is 0 Å². The van der Waals surface area contributed by atoms with E-state index in [1.54, 1.807) is 9.58 Å². The van der Waals surface area contributed by atoms with E-state index in [4.69, 9.17) is 5.11 Å². The third kappa shape index (κ3) is 4.56. The minimum atomic E-state index is -0.863. The fourth-order valence-electron chi connectivity index (χ4n) is 2.92. The van der Waals surface area contributed by atoms with Crippen LogP contribution in [-0.2, 0) is 24.3 Å². The number of aromatic nitrogens is 3. The number of urea groups is 1. The molecule has 8 heteroatoms. The number of carbonyl (C=O) groups excluding carboxylic acids is 1. The van der Waals surface area contributed by atoms with Crippen LogP contribution in [0.4, 0.5) is 4.79 Å². The quantitative estimate of drug-likeness (QED) is 0.823. The number of nitrogens with one attached hydrogen (secondary N) is 1. The number of nitrogens with zero attached hydrogens (tertiary/aromatic N) is 4. The van der Waals surface area contributed by atoms with Gasteiger partial charge >= 0.3 is 12.0 Å². The monoisotopic (exact) mass is 343 g/mol. The number of hydrogen-bond acceptors (Lipinski definition) is 4. The summed E-state index contributed by atoms with van der Waals surface area (Å²) in [6, 6.07) is 9.32. The van der Waals surface area contributed by atoms with Gasteiger partial charge in [-0.25, -0.2) is 14.5 Å². The third-order valence-corrected chi connectivity index (χ3v) is 4.26. The predicted octanol–water partition coefficient (Wildman–Crippen LogP) is 1.28. The highest BCUT2D eigenvalue weighted by Gasteiger charge is 2.24. The van der Waals surface area contributed by atoms with Gasteiger partial charge < -0.3 is 15.3 Å². The van der Waals surface area contributed by atoms with E-state index in [9.17, 15) is 9.59 Å². The van der Waals surface area contributed by atoms with Crippen LogP contribution >= 0.6 is 0 Å². The molecule has 0 aliphatic carbocycles. The van der Waals surface area contributed by atoms with Crippen molar-refractivity contribution in [2.75, 3.05) is 6.54 Å². The third-order valence-electron chi connectivity index (χ3n) is 4.26. The van der Waals surface area contributed by atoms with Gasteiger partial charge in [0.15, 0.2) is 0 Å². The van der Waals surface area contributed by atoms with Crippen molar-refractivity contribution in [1.82, 2.24) is 25.0 Å². The summed E-state index contributed by atoms with van der Waals surface area (Å²) in [7, 11) is 0. The topological polar surface area (TPSA) is 100 Å². The maximum atomic E-state index is 12.6. The number of amides is 2. The van der Waals surface area contributed by atoms with Crippen molar-refractivity contribution in [1.29, 1.82) is 0 Å². The van der Waals surface area contributed by atoms with Crippen molar-refractivity contribution >= 4 is 12.0 Å². The maximum absolute atomic E-state index is 12.6. The Bertz CT molecular complexity index is 731. The molecule has 1 aliphatic rings. The van der Waals surface area contributed by atoms with Crippen LogP contribution in [-0.4, -0.2) is 49.4 Å². The number of benzene rings is 1. The van der Waals surface area contributed by atoms with E-state index in [1.807, 2.05) is 30.3 Å². The van der Waals surface area contributed by atoms with Gasteiger partial charge in [-0.3, -0.25) is 4.79 Å². The highest BCUT2D eigenvalue weighted by Crippen LogP contribution is 2.12. The van der Waals surface area contributed by atoms with Crippen LogP contribution in [0.5, 0.6) is 0 Å². The summed E-state index contributed by atoms with van der Waals surface area (Å²) in [6.45, 7) is 1.57. The second-order valence-electron chi connectivity index (χ2n) is 6.09. The van der Waals surface area contributed by atoms with Crippen LogP contribution in [0.15, 0.2) is 36.7 Å². The molecule has 0 saturated carbocycles. The average molecular weight is 343 g/mol. The molecule has 2 aromatic rings. The highest BCUT2D eigenvalue weighted by molar-refractivity contribution is 5.74. The molecule has 1 aliphatic heterocycles. The first kappa shape index (κ1) is 16.9. The predicted molar refractivity (Wildman–Crippen MR) is 89.8 cm³/mol. The number of hydrogen-bond donors (Lipinski definition) is 2. The van der Waals surface area contributed by atoms with Crippen LogP contribution in [0.25, 0.3) is 0 Å². The first-order chi connectivity index (χ1) is 12.1. The molecule has 2 N–H and O–H groups in total. The minimum Gasteiger partial charge on any atom is -0.481 e. The van der Waals surface area contributed by atoms with Crippen LogP contribution in [0.3, 0.4) is 0 Å². The molecule has 25 heavy (non-hydrogen) atoms. The van der Waals surface area contributed by atoms with Crippen LogP contribution in [0.2, 0.25) is 0 Å². The molecule has 2 heterocycles. The van der Waals surface area contributed by atoms with E-state index in [2.05, 4.69) is 15.4 Å². The summed E-state index contributed by atoms with van der Waals surface area (Å²) >= 11 is 0. The summed E-state index contributed by atoms with van der Waals surface area (Å²) in [6.07, 6.45) is 2.50. The average Bonchev–Trinajstić information content (AvgIpc) is 3.08. The lowest BCUT2D eigenvalue weighted by atomic mass is 10.0. The molecule has 1 aromatic carbocycles. The number of fused-ring (bicyclic) bond motifs is 1. The van der Waals surface area contributed by atoms with Gasteiger partial charge in [-0.05, 0) is 18.4 Å². The summed E-state index contributed by atoms with van der Waals surface area (Å²) in [4.78, 5) is 29.3. The number of carboxylic acids is 1. The molecule has 0 bridgehead atoms. The summed E-state index contributed by atoms with van der Waals surface area (Å²) in [5, 5.41) is 16.0. The van der Waals surface area contributed by atoms with E-state index >= 15 is 0 Å². The van der Waals surface area contributed by atoms with Crippen molar-refractivity contribution in [2.24, 2.45) is 0 Å². The molecule has 0 radical (unpaired) electrons. The smallest absolute Gasteiger partial charge is 0.318 e. The Labute approximate surface area is 145 Å². The fraction of sp³-hybridized carbons (Fsp3) is 0.412. The van der Waals surface area contributed by atoms with Gasteiger partial charge in [-0.1, -0.05) is 30.3 Å². The van der Waals surface area contributed by atoms with Crippen LogP contribution in [0.1, 0.15) is 24.2 Å². The van der Waals surface area contributed by atoms with Crippen molar-refractivity contribution in [3.63, 3.8) is 0 Å². The largest absolute Gasteiger partial charge is 0.481 e. The summed E-state index contributed by atoms with van der Waals surface area (Å²) in [5.74, 6) is -0.107. The van der Waals surface area contributed by atoms with Gasteiger partial charge in [0.1, 0.15) is 12.2 Å². The zero-order valence-corrected chi connectivity index (χ0v) is 13.8. The molecule has 0 saturated heterocycles. The van der Waals surface area contributed by atoms with Gasteiger partial charge in [0.05, 0.1) is 13.1 Å². The van der Waals surface area contributed by atoms with Crippen LogP contribution < -0.4 is 5.32 Å². The Morgan fingerprint density at radius 3 is 2.80 bits per heavy atom. The van der Waals surface area contributed by atoms with Crippen molar-refractivity contribution in [2.45, 2.75) is 38.4 Å². The van der Waals surface area contributed by atoms with Gasteiger partial charge in [-0.15, -0.1) is 0 Å². The van der Waals surface area contributed by atoms with Gasteiger partial charge in [0.25, 0.3) is 0 Å². The lowest BCUT2D eigenvalue weighted by molar-refractivity contribution is -0.137. The highest BCUT2D eigenvalue weighted by atomic mass is 16.4. The van der Waals surface area contributed by atoms with Crippen molar-refractivity contribution < 1.29 is 14.7 Å². The Morgan fingerprint density at radius 2 is 2.04 bits per heavy atom. The normalized spacial score (nSPS) is 14.6. The number of rotatable bonds is 6. The molecule has 0 fully saturated rings. The molecule has 1 atom stereocenters. The molecular formula is C17H21N5O3. The molecule has 8 nitrogen and oxygen atoms in total. The van der Waals surface area contributed by atoms with E-state index in [-0.39, 0.29) is 18.5 Å². The van der Waals surface area contributed by atoms with E-state index in [0.29, 0.717) is 32.5 Å². The Balaban J connectivity index is 1.62. The second kappa shape index (κ2) is 7.78. The van der Waals surface area contributed by atoms with Gasteiger partial charge in [0, 0.05) is 19.0 Å². The maximum Gasteiger partial charge on any atom is 0.318 e. The van der Waals surface area contributed by atoms with E-state index in [0.717, 1.165) is 11.4 Å². The molecule has 2 amide bonds.